The molecule has 7 heteroatoms. The number of aromatic nitrogens is 2. The number of likely N-dealkylation sites (tertiary alicyclic amines) is 1. The third-order valence-electron chi connectivity index (χ3n) is 5.08. The molecule has 136 valence electrons. The summed E-state index contributed by atoms with van der Waals surface area (Å²) in [4.78, 5) is 28.8. The average Bonchev–Trinajstić information content (AvgIpc) is 3.19. The average molecular weight is 353 g/mol. The summed E-state index contributed by atoms with van der Waals surface area (Å²) in [5.74, 6) is 0.0656. The highest BCUT2D eigenvalue weighted by atomic mass is 16.2. The van der Waals surface area contributed by atoms with Crippen molar-refractivity contribution in [3.8, 4) is 5.69 Å². The zero-order valence-corrected chi connectivity index (χ0v) is 14.7. The van der Waals surface area contributed by atoms with Gasteiger partial charge < -0.3 is 15.1 Å². The zero-order chi connectivity index (χ0) is 17.9. The van der Waals surface area contributed by atoms with Crippen LogP contribution in [0.5, 0.6) is 0 Å². The maximum atomic E-state index is 12.9. The van der Waals surface area contributed by atoms with Crippen LogP contribution in [-0.2, 0) is 4.79 Å². The molecule has 4 rings (SSSR count). The van der Waals surface area contributed by atoms with Crippen LogP contribution in [0.3, 0.4) is 0 Å². The van der Waals surface area contributed by atoms with Gasteiger partial charge in [-0.15, -0.1) is 0 Å². The molecular weight excluding hydrogens is 330 g/mol. The second kappa shape index (κ2) is 7.29. The van der Waals surface area contributed by atoms with E-state index >= 15 is 0 Å². The molecule has 1 aromatic heterocycles. The van der Waals surface area contributed by atoms with Gasteiger partial charge in [-0.25, -0.2) is 4.68 Å². The predicted octanol–water partition coefficient (Wildman–Crippen LogP) is 0.909. The molecule has 26 heavy (non-hydrogen) atoms. The summed E-state index contributed by atoms with van der Waals surface area (Å²) in [6.07, 6.45) is 3.67. The van der Waals surface area contributed by atoms with Crippen LogP contribution in [-0.4, -0.2) is 70.2 Å². The van der Waals surface area contributed by atoms with Gasteiger partial charge in [0.1, 0.15) is 0 Å². The first-order chi connectivity index (χ1) is 12.7. The zero-order valence-electron chi connectivity index (χ0n) is 14.7. The fourth-order valence-corrected chi connectivity index (χ4v) is 3.73. The van der Waals surface area contributed by atoms with Gasteiger partial charge in [0.05, 0.1) is 12.2 Å². The maximum Gasteiger partial charge on any atom is 0.274 e. The number of piperazine rings is 1. The van der Waals surface area contributed by atoms with E-state index in [1.54, 1.807) is 10.7 Å². The van der Waals surface area contributed by atoms with E-state index in [-0.39, 0.29) is 17.9 Å². The number of hydrogen-bond acceptors (Lipinski definition) is 4. The molecule has 0 aliphatic carbocycles. The number of hydrogen-bond donors (Lipinski definition) is 1. The molecule has 1 atom stereocenters. The molecule has 1 N–H and O–H groups in total. The largest absolute Gasteiger partial charge is 0.336 e. The molecule has 2 aliphatic rings. The first kappa shape index (κ1) is 16.8. The highest BCUT2D eigenvalue weighted by Gasteiger charge is 2.32. The SMILES string of the molecule is O=C(c1ccn(-c2ccccc2)n1)N1CCCC(N2CCNCC2=O)C1. The number of rotatable bonds is 3. The van der Waals surface area contributed by atoms with E-state index in [9.17, 15) is 9.59 Å². The Morgan fingerprint density at radius 3 is 2.81 bits per heavy atom. The van der Waals surface area contributed by atoms with Crippen molar-refractivity contribution in [1.29, 1.82) is 0 Å². The summed E-state index contributed by atoms with van der Waals surface area (Å²) >= 11 is 0. The second-order valence-corrected chi connectivity index (χ2v) is 6.79. The Hall–Kier alpha value is -2.67. The van der Waals surface area contributed by atoms with Crippen LogP contribution in [0.1, 0.15) is 23.3 Å². The Balaban J connectivity index is 1.46. The van der Waals surface area contributed by atoms with Gasteiger partial charge in [0.15, 0.2) is 5.69 Å². The summed E-state index contributed by atoms with van der Waals surface area (Å²) in [7, 11) is 0. The molecule has 2 amide bonds. The Kier molecular flexibility index (Phi) is 4.71. The minimum atomic E-state index is -0.0630. The van der Waals surface area contributed by atoms with E-state index in [2.05, 4.69) is 10.4 Å². The summed E-state index contributed by atoms with van der Waals surface area (Å²) < 4.78 is 1.72. The van der Waals surface area contributed by atoms with E-state index in [1.807, 2.05) is 46.3 Å². The van der Waals surface area contributed by atoms with Crippen molar-refractivity contribution < 1.29 is 9.59 Å². The number of piperidine rings is 1. The van der Waals surface area contributed by atoms with E-state index < -0.39 is 0 Å². The van der Waals surface area contributed by atoms with Crippen molar-refractivity contribution in [1.82, 2.24) is 24.9 Å². The lowest BCUT2D eigenvalue weighted by Gasteiger charge is -2.40. The third kappa shape index (κ3) is 3.35. The second-order valence-electron chi connectivity index (χ2n) is 6.79. The van der Waals surface area contributed by atoms with Crippen molar-refractivity contribution in [2.24, 2.45) is 0 Å². The summed E-state index contributed by atoms with van der Waals surface area (Å²) in [6, 6.07) is 11.6. The summed E-state index contributed by atoms with van der Waals surface area (Å²) in [5, 5.41) is 7.54. The normalized spacial score (nSPS) is 21.1. The van der Waals surface area contributed by atoms with Crippen molar-refractivity contribution in [2.75, 3.05) is 32.7 Å². The monoisotopic (exact) mass is 353 g/mol. The smallest absolute Gasteiger partial charge is 0.274 e. The number of amides is 2. The highest BCUT2D eigenvalue weighted by Crippen LogP contribution is 2.19. The first-order valence-electron chi connectivity index (χ1n) is 9.13. The van der Waals surface area contributed by atoms with Crippen molar-refractivity contribution in [2.45, 2.75) is 18.9 Å². The van der Waals surface area contributed by atoms with Gasteiger partial charge in [-0.05, 0) is 31.0 Å². The molecule has 2 fully saturated rings. The standard InChI is InChI=1S/C19H23N5O2/c25-18-13-20-9-12-23(18)16-7-4-10-22(14-16)19(26)17-8-11-24(21-17)15-5-2-1-3-6-15/h1-3,5-6,8,11,16,20H,4,7,9-10,12-14H2. The Morgan fingerprint density at radius 1 is 1.15 bits per heavy atom. The van der Waals surface area contributed by atoms with Crippen LogP contribution in [0.25, 0.3) is 5.69 Å². The topological polar surface area (TPSA) is 70.5 Å². The van der Waals surface area contributed by atoms with E-state index in [0.29, 0.717) is 31.9 Å². The molecule has 2 aromatic rings. The molecule has 0 radical (unpaired) electrons. The molecule has 1 unspecified atom stereocenters. The minimum Gasteiger partial charge on any atom is -0.336 e. The van der Waals surface area contributed by atoms with Gasteiger partial charge in [-0.2, -0.15) is 5.10 Å². The predicted molar refractivity (Wildman–Crippen MR) is 97.1 cm³/mol. The first-order valence-corrected chi connectivity index (χ1v) is 9.13. The summed E-state index contributed by atoms with van der Waals surface area (Å²) in [6.45, 7) is 3.23. The van der Waals surface area contributed by atoms with Crippen molar-refractivity contribution in [3.05, 3.63) is 48.3 Å². The number of carbonyl (C=O) groups is 2. The van der Waals surface area contributed by atoms with Crippen LogP contribution >= 0.6 is 0 Å². The molecule has 2 saturated heterocycles. The lowest BCUT2D eigenvalue weighted by atomic mass is 10.0. The van der Waals surface area contributed by atoms with Crippen LogP contribution in [0.2, 0.25) is 0 Å². The molecular formula is C19H23N5O2. The Bertz CT molecular complexity index is 788. The van der Waals surface area contributed by atoms with Gasteiger partial charge in [0.2, 0.25) is 5.91 Å². The van der Waals surface area contributed by atoms with Gasteiger partial charge in [-0.1, -0.05) is 18.2 Å². The summed E-state index contributed by atoms with van der Waals surface area (Å²) in [5.41, 5.74) is 1.37. The number of carbonyl (C=O) groups excluding carboxylic acids is 2. The Labute approximate surface area is 152 Å². The fourth-order valence-electron chi connectivity index (χ4n) is 3.73. The van der Waals surface area contributed by atoms with Crippen LogP contribution in [0.4, 0.5) is 0 Å². The molecule has 0 spiro atoms. The van der Waals surface area contributed by atoms with Crippen LogP contribution in [0, 0.1) is 0 Å². The third-order valence-corrected chi connectivity index (χ3v) is 5.08. The molecule has 7 nitrogen and oxygen atoms in total. The van der Waals surface area contributed by atoms with Gasteiger partial charge in [0, 0.05) is 38.4 Å². The van der Waals surface area contributed by atoms with Gasteiger partial charge in [-0.3, -0.25) is 9.59 Å². The number of benzene rings is 1. The molecule has 0 saturated carbocycles. The highest BCUT2D eigenvalue weighted by molar-refractivity contribution is 5.92. The van der Waals surface area contributed by atoms with Gasteiger partial charge in [0.25, 0.3) is 5.91 Å². The minimum absolute atomic E-state index is 0.0630. The van der Waals surface area contributed by atoms with E-state index in [1.165, 1.54) is 0 Å². The maximum absolute atomic E-state index is 12.9. The number of nitrogens with zero attached hydrogens (tertiary/aromatic N) is 4. The van der Waals surface area contributed by atoms with E-state index in [4.69, 9.17) is 0 Å². The van der Waals surface area contributed by atoms with Gasteiger partial charge >= 0.3 is 0 Å². The lowest BCUT2D eigenvalue weighted by molar-refractivity contribution is -0.135. The Morgan fingerprint density at radius 2 is 2.00 bits per heavy atom. The molecule has 2 aliphatic heterocycles. The van der Waals surface area contributed by atoms with Crippen molar-refractivity contribution >= 4 is 11.8 Å². The van der Waals surface area contributed by atoms with Crippen LogP contribution in [0.15, 0.2) is 42.6 Å². The number of nitrogens with one attached hydrogen (secondary N) is 1. The van der Waals surface area contributed by atoms with Crippen molar-refractivity contribution in [3.63, 3.8) is 0 Å². The van der Waals surface area contributed by atoms with Crippen LogP contribution < -0.4 is 5.32 Å². The molecule has 3 heterocycles. The molecule has 0 bridgehead atoms. The van der Waals surface area contributed by atoms with E-state index in [0.717, 1.165) is 25.1 Å². The molecule has 1 aromatic carbocycles. The fraction of sp³-hybridized carbons (Fsp3) is 0.421. The number of para-hydroxylation sites is 1. The lowest BCUT2D eigenvalue weighted by Crippen LogP contribution is -2.57. The quantitative estimate of drug-likeness (QED) is 0.890.